The van der Waals surface area contributed by atoms with Gasteiger partial charge in [-0.15, -0.1) is 0 Å². The van der Waals surface area contributed by atoms with Gasteiger partial charge in [0.05, 0.1) is 12.0 Å². The molecule has 0 saturated heterocycles. The molecule has 1 aromatic rings. The molecule has 0 unspecified atom stereocenters. The van der Waals surface area contributed by atoms with Gasteiger partial charge in [0.1, 0.15) is 18.5 Å². The number of nitrogens with two attached hydrogens (primary N) is 1. The molecule has 0 atom stereocenters. The highest BCUT2D eigenvalue weighted by atomic mass is 15.3. The molecule has 4 nitrogen and oxygen atoms in total. The van der Waals surface area contributed by atoms with Crippen molar-refractivity contribution in [3.05, 3.63) is 17.7 Å². The molecule has 2 N–H and O–H groups in total. The summed E-state index contributed by atoms with van der Waals surface area (Å²) < 4.78 is 2.14. The lowest BCUT2D eigenvalue weighted by Gasteiger charge is -2.10. The maximum absolute atomic E-state index is 4.32. The molecule has 4 heteroatoms. The molecule has 0 spiro atoms. The number of fused-ring (bicyclic) bond motifs is 1. The van der Waals surface area contributed by atoms with E-state index in [2.05, 4.69) is 28.5 Å². The number of aromatic nitrogens is 2. The minimum Gasteiger partial charge on any atom is -0.327 e. The summed E-state index contributed by atoms with van der Waals surface area (Å²) in [6, 6.07) is 0.464. The van der Waals surface area contributed by atoms with E-state index in [4.69, 9.17) is 0 Å². The Balaban J connectivity index is 2.47. The molecule has 0 aliphatic carbocycles. The molecule has 1 aliphatic heterocycles. The second-order valence-corrected chi connectivity index (χ2v) is 3.24. The lowest BCUT2D eigenvalue weighted by Crippen LogP contribution is -2.77. The molecule has 0 radical (unpaired) electrons. The van der Waals surface area contributed by atoms with Gasteiger partial charge in [-0.25, -0.2) is 10.4 Å². The van der Waals surface area contributed by atoms with E-state index in [0.29, 0.717) is 6.04 Å². The summed E-state index contributed by atoms with van der Waals surface area (Å²) in [7, 11) is 0. The molecule has 0 amide bonds. The lowest BCUT2D eigenvalue weighted by atomic mass is 10.3. The van der Waals surface area contributed by atoms with Gasteiger partial charge in [-0.3, -0.25) is 0 Å². The minimum absolute atomic E-state index is 0.464. The van der Waals surface area contributed by atoms with Crippen LogP contribution >= 0.6 is 0 Å². The lowest BCUT2D eigenvalue weighted by molar-refractivity contribution is -0.678. The molecule has 1 aromatic heterocycles. The Labute approximate surface area is 71.3 Å². The van der Waals surface area contributed by atoms with E-state index in [1.807, 2.05) is 18.0 Å². The van der Waals surface area contributed by atoms with Crippen molar-refractivity contribution in [2.24, 2.45) is 5.10 Å². The molecule has 12 heavy (non-hydrogen) atoms. The molecule has 2 heterocycles. The average molecular weight is 165 g/mol. The third-order valence-electron chi connectivity index (χ3n) is 2.06. The maximum Gasteiger partial charge on any atom is 0.145 e. The zero-order valence-electron chi connectivity index (χ0n) is 7.36. The van der Waals surface area contributed by atoms with Crippen molar-refractivity contribution >= 4 is 6.21 Å². The van der Waals surface area contributed by atoms with Crippen molar-refractivity contribution < 1.29 is 5.43 Å². The van der Waals surface area contributed by atoms with E-state index in [1.165, 1.54) is 0 Å². The van der Waals surface area contributed by atoms with Gasteiger partial charge in [0, 0.05) is 6.04 Å². The predicted octanol–water partition coefficient (Wildman–Crippen LogP) is -0.125. The van der Waals surface area contributed by atoms with Crippen molar-refractivity contribution in [3.8, 4) is 0 Å². The molecule has 0 saturated carbocycles. The number of nitrogens with zero attached hydrogens (tertiary/aromatic N) is 3. The topological polar surface area (TPSA) is 46.8 Å². The number of hydrogen-bond donors (Lipinski definition) is 1. The molecule has 1 aliphatic rings. The van der Waals surface area contributed by atoms with Gasteiger partial charge in [0.25, 0.3) is 0 Å². The van der Waals surface area contributed by atoms with E-state index < -0.39 is 0 Å². The van der Waals surface area contributed by atoms with Crippen LogP contribution in [-0.4, -0.2) is 15.8 Å². The van der Waals surface area contributed by atoms with Gasteiger partial charge < -0.3 is 4.57 Å². The Hall–Kier alpha value is -1.16. The third-order valence-corrected chi connectivity index (χ3v) is 2.06. The van der Waals surface area contributed by atoms with Gasteiger partial charge in [-0.1, -0.05) is 5.10 Å². The van der Waals surface area contributed by atoms with Crippen LogP contribution in [-0.2, 0) is 6.54 Å². The normalized spacial score (nSPS) is 15.2. The van der Waals surface area contributed by atoms with Gasteiger partial charge in [-0.05, 0) is 13.8 Å². The maximum atomic E-state index is 4.32. The molecule has 0 fully saturated rings. The van der Waals surface area contributed by atoms with Crippen LogP contribution in [0.25, 0.3) is 0 Å². The first-order valence-corrected chi connectivity index (χ1v) is 4.19. The highest BCUT2D eigenvalue weighted by molar-refractivity contribution is 5.78. The van der Waals surface area contributed by atoms with Gasteiger partial charge in [0.15, 0.2) is 0 Å². The highest BCUT2D eigenvalue weighted by Gasteiger charge is 2.15. The van der Waals surface area contributed by atoms with Gasteiger partial charge >= 0.3 is 0 Å². The van der Waals surface area contributed by atoms with Crippen LogP contribution in [0.2, 0.25) is 0 Å². The van der Waals surface area contributed by atoms with Gasteiger partial charge in [0.2, 0.25) is 0 Å². The number of rotatable bonds is 1. The highest BCUT2D eigenvalue weighted by Crippen LogP contribution is 2.11. The SMILES string of the molecule is CC(C)n1cnc2c1C=N[NH2+]C2. The summed E-state index contributed by atoms with van der Waals surface area (Å²) >= 11 is 0. The van der Waals surface area contributed by atoms with Crippen molar-refractivity contribution in [1.29, 1.82) is 0 Å². The molecule has 0 aromatic carbocycles. The third kappa shape index (κ3) is 1.04. The van der Waals surface area contributed by atoms with Gasteiger partial charge in [-0.2, -0.15) is 0 Å². The Morgan fingerprint density at radius 2 is 2.42 bits per heavy atom. The van der Waals surface area contributed by atoms with Crippen LogP contribution < -0.4 is 5.43 Å². The Kier molecular flexibility index (Phi) is 1.69. The van der Waals surface area contributed by atoms with Crippen molar-refractivity contribution in [2.45, 2.75) is 26.4 Å². The van der Waals surface area contributed by atoms with Crippen LogP contribution in [0.1, 0.15) is 31.3 Å². The zero-order chi connectivity index (χ0) is 8.55. The smallest absolute Gasteiger partial charge is 0.145 e. The van der Waals surface area contributed by atoms with E-state index in [9.17, 15) is 0 Å². The second-order valence-electron chi connectivity index (χ2n) is 3.24. The first-order valence-electron chi connectivity index (χ1n) is 4.19. The summed E-state index contributed by atoms with van der Waals surface area (Å²) in [5, 5.41) is 4.12. The van der Waals surface area contributed by atoms with Crippen LogP contribution in [0.3, 0.4) is 0 Å². The largest absolute Gasteiger partial charge is 0.327 e. The monoisotopic (exact) mass is 165 g/mol. The summed E-state index contributed by atoms with van der Waals surface area (Å²) in [5.74, 6) is 0. The Bertz CT molecular complexity index is 311. The molecular formula is C8H13N4+. The summed E-state index contributed by atoms with van der Waals surface area (Å²) in [4.78, 5) is 4.32. The Morgan fingerprint density at radius 3 is 3.17 bits per heavy atom. The minimum atomic E-state index is 0.464. The van der Waals surface area contributed by atoms with Crippen LogP contribution in [0.15, 0.2) is 11.4 Å². The first-order chi connectivity index (χ1) is 5.79. The number of quaternary nitrogens is 1. The van der Waals surface area contributed by atoms with E-state index >= 15 is 0 Å². The molecule has 2 rings (SSSR count). The zero-order valence-corrected chi connectivity index (χ0v) is 7.36. The van der Waals surface area contributed by atoms with E-state index in [-0.39, 0.29) is 0 Å². The second kappa shape index (κ2) is 2.71. The fourth-order valence-electron chi connectivity index (χ4n) is 1.38. The number of imidazole rings is 1. The first kappa shape index (κ1) is 7.49. The molecule has 64 valence electrons. The predicted molar refractivity (Wildman–Crippen MR) is 45.8 cm³/mol. The quantitative estimate of drug-likeness (QED) is 0.579. The summed E-state index contributed by atoms with van der Waals surface area (Å²) in [5.41, 5.74) is 4.19. The molecule has 0 bridgehead atoms. The van der Waals surface area contributed by atoms with Crippen molar-refractivity contribution in [3.63, 3.8) is 0 Å². The van der Waals surface area contributed by atoms with Crippen LogP contribution in [0.4, 0.5) is 0 Å². The number of hydrogen-bond acceptors (Lipinski definition) is 2. The standard InChI is InChI=1S/C8H12N4/c1-6(2)12-5-9-7-3-10-11-4-8(7)12/h4-6,10H,3H2,1-2H3/p+1. The average Bonchev–Trinajstić information content (AvgIpc) is 2.47. The van der Waals surface area contributed by atoms with Crippen LogP contribution in [0, 0.1) is 0 Å². The van der Waals surface area contributed by atoms with Crippen LogP contribution in [0.5, 0.6) is 0 Å². The van der Waals surface area contributed by atoms with Crippen molar-refractivity contribution in [1.82, 2.24) is 9.55 Å². The summed E-state index contributed by atoms with van der Waals surface area (Å²) in [6.07, 6.45) is 3.77. The fourth-order valence-corrected chi connectivity index (χ4v) is 1.38. The molecular weight excluding hydrogens is 152 g/mol. The van der Waals surface area contributed by atoms with Crippen molar-refractivity contribution in [2.75, 3.05) is 0 Å². The summed E-state index contributed by atoms with van der Waals surface area (Å²) in [6.45, 7) is 5.16. The Morgan fingerprint density at radius 1 is 1.58 bits per heavy atom. The van der Waals surface area contributed by atoms with E-state index in [1.54, 1.807) is 0 Å². The fraction of sp³-hybridized carbons (Fsp3) is 0.500. The van der Waals surface area contributed by atoms with E-state index in [0.717, 1.165) is 17.9 Å².